The fraction of sp³-hybridized carbons (Fsp3) is 0.125. The molecule has 1 N–H and O–H groups in total. The monoisotopic (exact) mass is 297 g/mol. The number of nitrogens with zero attached hydrogens (tertiary/aromatic N) is 2. The molecule has 1 unspecified atom stereocenters. The Morgan fingerprint density at radius 3 is 2.76 bits per heavy atom. The number of aromatic nitrogens is 2. The van der Waals surface area contributed by atoms with Crippen LogP contribution >= 0.6 is 12.2 Å². The molecule has 1 aromatic heterocycles. The molecule has 0 aliphatic heterocycles. The van der Waals surface area contributed by atoms with Gasteiger partial charge in [0.25, 0.3) is 0 Å². The lowest BCUT2D eigenvalue weighted by molar-refractivity contribution is 0.561. The third-order valence-corrected chi connectivity index (χ3v) is 3.89. The predicted octanol–water partition coefficient (Wildman–Crippen LogP) is 4.32. The summed E-state index contributed by atoms with van der Waals surface area (Å²) in [6.07, 6.45) is 0. The molecule has 0 radical (unpaired) electrons. The molecule has 0 aliphatic rings. The average molecular weight is 297 g/mol. The third kappa shape index (κ3) is 2.24. The van der Waals surface area contributed by atoms with Gasteiger partial charge in [-0.25, -0.2) is 4.39 Å². The van der Waals surface area contributed by atoms with Crippen LogP contribution in [0.1, 0.15) is 24.1 Å². The number of hydrogen-bond donors (Lipinski definition) is 1. The van der Waals surface area contributed by atoms with E-state index in [0.717, 1.165) is 11.0 Å². The molecule has 0 saturated carbocycles. The van der Waals surface area contributed by atoms with Crippen molar-refractivity contribution in [3.05, 3.63) is 64.2 Å². The largest absolute Gasteiger partial charge is 0.331 e. The molecule has 2 aromatic carbocycles. The van der Waals surface area contributed by atoms with Crippen molar-refractivity contribution in [3.8, 4) is 6.07 Å². The number of imidazole rings is 1. The van der Waals surface area contributed by atoms with Gasteiger partial charge in [0, 0.05) is 5.56 Å². The number of nitrogens with one attached hydrogen (secondary N) is 1. The maximum absolute atomic E-state index is 14.0. The molecule has 104 valence electrons. The van der Waals surface area contributed by atoms with E-state index in [2.05, 4.69) is 11.1 Å². The van der Waals surface area contributed by atoms with Crippen LogP contribution in [0, 0.1) is 21.9 Å². The Labute approximate surface area is 126 Å². The first-order chi connectivity index (χ1) is 10.1. The molecule has 1 atom stereocenters. The molecule has 0 aliphatic carbocycles. The van der Waals surface area contributed by atoms with E-state index in [9.17, 15) is 4.39 Å². The van der Waals surface area contributed by atoms with Crippen LogP contribution in [0.15, 0.2) is 42.5 Å². The fourth-order valence-corrected chi connectivity index (χ4v) is 2.89. The van der Waals surface area contributed by atoms with Gasteiger partial charge >= 0.3 is 0 Å². The van der Waals surface area contributed by atoms with Crippen LogP contribution in [0.25, 0.3) is 11.0 Å². The van der Waals surface area contributed by atoms with E-state index in [-0.39, 0.29) is 11.9 Å². The lowest BCUT2D eigenvalue weighted by Crippen LogP contribution is -2.08. The van der Waals surface area contributed by atoms with Crippen LogP contribution < -0.4 is 0 Å². The van der Waals surface area contributed by atoms with Crippen molar-refractivity contribution in [2.45, 2.75) is 13.0 Å². The molecule has 0 spiro atoms. The molecule has 0 fully saturated rings. The van der Waals surface area contributed by atoms with E-state index >= 15 is 0 Å². The molecule has 0 saturated heterocycles. The maximum atomic E-state index is 14.0. The highest BCUT2D eigenvalue weighted by molar-refractivity contribution is 7.71. The Morgan fingerprint density at radius 1 is 1.29 bits per heavy atom. The number of nitriles is 1. The van der Waals surface area contributed by atoms with Gasteiger partial charge in [0.2, 0.25) is 0 Å². The van der Waals surface area contributed by atoms with E-state index in [4.69, 9.17) is 17.5 Å². The lowest BCUT2D eigenvalue weighted by Gasteiger charge is -2.16. The SMILES string of the molecule is CC(c1ccccc1F)n1c(=S)[nH]c2ccc(C#N)cc21. The highest BCUT2D eigenvalue weighted by Crippen LogP contribution is 2.26. The number of rotatable bonds is 2. The highest BCUT2D eigenvalue weighted by atomic mass is 32.1. The Hall–Kier alpha value is -2.45. The van der Waals surface area contributed by atoms with Crippen LogP contribution in [-0.4, -0.2) is 9.55 Å². The smallest absolute Gasteiger partial charge is 0.178 e. The molecule has 5 heteroatoms. The summed E-state index contributed by atoms with van der Waals surface area (Å²) in [7, 11) is 0. The summed E-state index contributed by atoms with van der Waals surface area (Å²) in [5, 5.41) is 9.04. The van der Waals surface area contributed by atoms with Gasteiger partial charge in [0.15, 0.2) is 4.77 Å². The van der Waals surface area contributed by atoms with Gasteiger partial charge in [0.1, 0.15) is 5.82 Å². The number of fused-ring (bicyclic) bond motifs is 1. The third-order valence-electron chi connectivity index (χ3n) is 3.59. The molecule has 21 heavy (non-hydrogen) atoms. The molecular formula is C16H12FN3S. The highest BCUT2D eigenvalue weighted by Gasteiger charge is 2.16. The van der Waals surface area contributed by atoms with Crippen molar-refractivity contribution in [3.63, 3.8) is 0 Å². The van der Waals surface area contributed by atoms with Crippen molar-refractivity contribution < 1.29 is 4.39 Å². The van der Waals surface area contributed by atoms with Gasteiger partial charge in [-0.1, -0.05) is 18.2 Å². The molecule has 3 aromatic rings. The Kier molecular flexibility index (Phi) is 3.32. The minimum atomic E-state index is -0.266. The predicted molar refractivity (Wildman–Crippen MR) is 82.1 cm³/mol. The Balaban J connectivity index is 2.25. The maximum Gasteiger partial charge on any atom is 0.178 e. The summed E-state index contributed by atoms with van der Waals surface area (Å²) < 4.78 is 16.3. The zero-order valence-corrected chi connectivity index (χ0v) is 12.1. The van der Waals surface area contributed by atoms with Crippen LogP contribution in [0.2, 0.25) is 0 Å². The Bertz CT molecular complexity index is 917. The summed E-state index contributed by atoms with van der Waals surface area (Å²) in [6, 6.07) is 13.8. The first kappa shape index (κ1) is 13.5. The number of hydrogen-bond acceptors (Lipinski definition) is 2. The average Bonchev–Trinajstić information content (AvgIpc) is 2.81. The van der Waals surface area contributed by atoms with Crippen LogP contribution in [0.5, 0.6) is 0 Å². The molecule has 3 rings (SSSR count). The van der Waals surface area contributed by atoms with Crippen molar-refractivity contribution in [2.24, 2.45) is 0 Å². The molecule has 0 amide bonds. The number of aromatic amines is 1. The van der Waals surface area contributed by atoms with Crippen LogP contribution in [-0.2, 0) is 0 Å². The molecule has 1 heterocycles. The van der Waals surface area contributed by atoms with Gasteiger partial charge in [-0.3, -0.25) is 0 Å². The molecule has 3 nitrogen and oxygen atoms in total. The second-order valence-corrected chi connectivity index (χ2v) is 5.23. The first-order valence-corrected chi connectivity index (χ1v) is 6.91. The van der Waals surface area contributed by atoms with E-state index in [1.807, 2.05) is 17.6 Å². The van der Waals surface area contributed by atoms with Crippen molar-refractivity contribution in [1.29, 1.82) is 5.26 Å². The van der Waals surface area contributed by atoms with E-state index in [1.165, 1.54) is 6.07 Å². The Morgan fingerprint density at radius 2 is 2.05 bits per heavy atom. The van der Waals surface area contributed by atoms with Crippen LogP contribution in [0.3, 0.4) is 0 Å². The normalized spacial score (nSPS) is 12.2. The van der Waals surface area contributed by atoms with Gasteiger partial charge in [0.05, 0.1) is 28.7 Å². The summed E-state index contributed by atoms with van der Waals surface area (Å²) in [5.41, 5.74) is 2.75. The standard InChI is InChI=1S/C16H12FN3S/c1-10(12-4-2-3-5-13(12)17)20-15-8-11(9-18)6-7-14(15)19-16(20)21/h2-8,10H,1H3,(H,19,21). The van der Waals surface area contributed by atoms with Crippen LogP contribution in [0.4, 0.5) is 4.39 Å². The van der Waals surface area contributed by atoms with Crippen molar-refractivity contribution >= 4 is 23.3 Å². The number of halogens is 1. The second-order valence-electron chi connectivity index (χ2n) is 4.84. The number of H-pyrrole nitrogens is 1. The van der Waals surface area contributed by atoms with Crippen molar-refractivity contribution in [1.82, 2.24) is 9.55 Å². The van der Waals surface area contributed by atoms with E-state index in [0.29, 0.717) is 15.9 Å². The zero-order chi connectivity index (χ0) is 15.0. The van der Waals surface area contributed by atoms with E-state index in [1.54, 1.807) is 30.3 Å². The summed E-state index contributed by atoms with van der Waals surface area (Å²) >= 11 is 5.35. The summed E-state index contributed by atoms with van der Waals surface area (Å²) in [6.45, 7) is 1.89. The quantitative estimate of drug-likeness (QED) is 0.716. The lowest BCUT2D eigenvalue weighted by atomic mass is 10.1. The molecule has 0 bridgehead atoms. The number of benzene rings is 2. The minimum Gasteiger partial charge on any atom is -0.331 e. The van der Waals surface area contributed by atoms with Gasteiger partial charge in [-0.15, -0.1) is 0 Å². The van der Waals surface area contributed by atoms with Gasteiger partial charge < -0.3 is 9.55 Å². The zero-order valence-electron chi connectivity index (χ0n) is 11.3. The van der Waals surface area contributed by atoms with E-state index < -0.39 is 0 Å². The fourth-order valence-electron chi connectivity index (χ4n) is 2.53. The topological polar surface area (TPSA) is 44.5 Å². The second kappa shape index (κ2) is 5.15. The minimum absolute atomic E-state index is 0.263. The van der Waals surface area contributed by atoms with Crippen molar-refractivity contribution in [2.75, 3.05) is 0 Å². The first-order valence-electron chi connectivity index (χ1n) is 6.50. The summed E-state index contributed by atoms with van der Waals surface area (Å²) in [5.74, 6) is -0.266. The molecular weight excluding hydrogens is 285 g/mol. The van der Waals surface area contributed by atoms with Gasteiger partial charge in [-0.2, -0.15) is 5.26 Å². The van der Waals surface area contributed by atoms with Gasteiger partial charge in [-0.05, 0) is 43.4 Å². The summed E-state index contributed by atoms with van der Waals surface area (Å²) in [4.78, 5) is 3.09.